The molecule has 0 saturated carbocycles. The average Bonchev–Trinajstić information content (AvgIpc) is 2.69. The lowest BCUT2D eigenvalue weighted by molar-refractivity contribution is 0.0398. The Morgan fingerprint density at radius 3 is 2.58 bits per heavy atom. The number of nitrogens with zero attached hydrogens (tertiary/aromatic N) is 3. The quantitative estimate of drug-likeness (QED) is 0.783. The molecule has 1 fully saturated rings. The number of morpholine rings is 1. The lowest BCUT2D eigenvalue weighted by atomic mass is 10.1. The topological polar surface area (TPSA) is 79.4 Å². The summed E-state index contributed by atoms with van der Waals surface area (Å²) in [5.74, 6) is 0.450. The zero-order chi connectivity index (χ0) is 18.2. The van der Waals surface area contributed by atoms with Gasteiger partial charge in [0.1, 0.15) is 5.82 Å². The van der Waals surface area contributed by atoms with Crippen LogP contribution < -0.4 is 10.6 Å². The molecule has 138 valence electrons. The van der Waals surface area contributed by atoms with Gasteiger partial charge in [-0.1, -0.05) is 29.8 Å². The molecule has 1 aliphatic rings. The maximum Gasteiger partial charge on any atom is 0.272 e. The fraction of sp³-hybridized carbons (Fsp3) is 0.421. The zero-order valence-corrected chi connectivity index (χ0v) is 15.1. The second-order valence-corrected chi connectivity index (χ2v) is 6.35. The Morgan fingerprint density at radius 1 is 1.12 bits per heavy atom. The molecule has 1 saturated heterocycles. The van der Waals surface area contributed by atoms with Crippen molar-refractivity contribution in [1.29, 1.82) is 0 Å². The molecule has 26 heavy (non-hydrogen) atoms. The van der Waals surface area contributed by atoms with Gasteiger partial charge in [-0.2, -0.15) is 0 Å². The molecule has 1 amide bonds. The van der Waals surface area contributed by atoms with Crippen LogP contribution in [0.25, 0.3) is 0 Å². The van der Waals surface area contributed by atoms with Crippen molar-refractivity contribution < 1.29 is 9.53 Å². The molecule has 2 heterocycles. The van der Waals surface area contributed by atoms with Crippen molar-refractivity contribution in [3.05, 3.63) is 53.2 Å². The third-order valence-electron chi connectivity index (χ3n) is 4.31. The normalized spacial score (nSPS) is 14.8. The summed E-state index contributed by atoms with van der Waals surface area (Å²) in [5.41, 5.74) is 2.57. The highest BCUT2D eigenvalue weighted by atomic mass is 16.5. The average molecular weight is 355 g/mol. The van der Waals surface area contributed by atoms with E-state index in [-0.39, 0.29) is 5.91 Å². The summed E-state index contributed by atoms with van der Waals surface area (Å²) in [7, 11) is 0. The summed E-state index contributed by atoms with van der Waals surface area (Å²) >= 11 is 0. The van der Waals surface area contributed by atoms with E-state index in [1.54, 1.807) is 12.1 Å². The number of carbonyl (C=O) groups is 1. The van der Waals surface area contributed by atoms with Crippen LogP contribution in [0, 0.1) is 6.92 Å². The Labute approximate surface area is 153 Å². The Hall–Kier alpha value is -2.51. The zero-order valence-electron chi connectivity index (χ0n) is 15.1. The summed E-state index contributed by atoms with van der Waals surface area (Å²) in [6.45, 7) is 7.76. The number of rotatable bonds is 7. The van der Waals surface area contributed by atoms with E-state index in [9.17, 15) is 4.79 Å². The predicted octanol–water partition coefficient (Wildman–Crippen LogP) is 1.46. The summed E-state index contributed by atoms with van der Waals surface area (Å²) in [6, 6.07) is 11.5. The number of aryl methyl sites for hydroxylation is 1. The lowest BCUT2D eigenvalue weighted by Gasteiger charge is -2.26. The van der Waals surface area contributed by atoms with Gasteiger partial charge in [-0.15, -0.1) is 10.2 Å². The summed E-state index contributed by atoms with van der Waals surface area (Å²) in [4.78, 5) is 14.5. The molecule has 0 atom stereocenters. The molecule has 7 nitrogen and oxygen atoms in total. The van der Waals surface area contributed by atoms with Gasteiger partial charge in [-0.3, -0.25) is 9.69 Å². The SMILES string of the molecule is Cc1ccc(CNC(=O)c2ccc(NCCN3CCOCC3)nn2)cc1. The Morgan fingerprint density at radius 2 is 1.88 bits per heavy atom. The minimum absolute atomic E-state index is 0.224. The maximum atomic E-state index is 12.2. The third kappa shape index (κ3) is 5.50. The molecule has 2 aromatic rings. The standard InChI is InChI=1S/C19H25N5O2/c1-15-2-4-16(5-3-15)14-21-19(25)17-6-7-18(23-22-17)20-8-9-24-10-12-26-13-11-24/h2-7H,8-14H2,1H3,(H,20,23)(H,21,25). The molecule has 1 aromatic heterocycles. The first-order valence-electron chi connectivity index (χ1n) is 8.92. The van der Waals surface area contributed by atoms with E-state index in [0.717, 1.165) is 45.0 Å². The summed E-state index contributed by atoms with van der Waals surface area (Å²) in [5, 5.41) is 14.2. The molecule has 0 unspecified atom stereocenters. The molecule has 1 aliphatic heterocycles. The third-order valence-corrected chi connectivity index (χ3v) is 4.31. The molecule has 1 aromatic carbocycles. The highest BCUT2D eigenvalue weighted by Crippen LogP contribution is 2.05. The van der Waals surface area contributed by atoms with Crippen LogP contribution in [-0.2, 0) is 11.3 Å². The van der Waals surface area contributed by atoms with Crippen LogP contribution in [0.5, 0.6) is 0 Å². The molecule has 3 rings (SSSR count). The number of ether oxygens (including phenoxy) is 1. The molecule has 0 spiro atoms. The van der Waals surface area contributed by atoms with E-state index in [0.29, 0.717) is 18.1 Å². The maximum absolute atomic E-state index is 12.2. The van der Waals surface area contributed by atoms with Gasteiger partial charge in [0.2, 0.25) is 0 Å². The smallest absolute Gasteiger partial charge is 0.272 e. The summed E-state index contributed by atoms with van der Waals surface area (Å²) in [6.07, 6.45) is 0. The van der Waals surface area contributed by atoms with E-state index < -0.39 is 0 Å². The van der Waals surface area contributed by atoms with E-state index in [1.807, 2.05) is 31.2 Å². The Bertz CT molecular complexity index is 697. The molecule has 7 heteroatoms. The van der Waals surface area contributed by atoms with E-state index in [2.05, 4.69) is 25.7 Å². The van der Waals surface area contributed by atoms with Gasteiger partial charge in [0, 0.05) is 32.7 Å². The lowest BCUT2D eigenvalue weighted by Crippen LogP contribution is -2.39. The van der Waals surface area contributed by atoms with Crippen LogP contribution in [0.2, 0.25) is 0 Å². The summed E-state index contributed by atoms with van der Waals surface area (Å²) < 4.78 is 5.33. The highest BCUT2D eigenvalue weighted by molar-refractivity contribution is 5.92. The number of carbonyl (C=O) groups excluding carboxylic acids is 1. The minimum Gasteiger partial charge on any atom is -0.379 e. The molecular formula is C19H25N5O2. The number of nitrogens with one attached hydrogen (secondary N) is 2. The van der Waals surface area contributed by atoms with Crippen LogP contribution in [0.1, 0.15) is 21.6 Å². The van der Waals surface area contributed by atoms with Crippen molar-refractivity contribution in [1.82, 2.24) is 20.4 Å². The predicted molar refractivity (Wildman–Crippen MR) is 100 cm³/mol. The van der Waals surface area contributed by atoms with Crippen molar-refractivity contribution in [3.63, 3.8) is 0 Å². The van der Waals surface area contributed by atoms with E-state index in [1.165, 1.54) is 5.56 Å². The van der Waals surface area contributed by atoms with Gasteiger partial charge in [0.15, 0.2) is 5.69 Å². The Balaban J connectivity index is 1.42. The number of anilines is 1. The number of benzene rings is 1. The molecule has 0 radical (unpaired) electrons. The highest BCUT2D eigenvalue weighted by Gasteiger charge is 2.10. The van der Waals surface area contributed by atoms with Crippen LogP contribution in [-0.4, -0.2) is 60.4 Å². The van der Waals surface area contributed by atoms with Crippen LogP contribution in [0.15, 0.2) is 36.4 Å². The van der Waals surface area contributed by atoms with Crippen molar-refractivity contribution in [2.75, 3.05) is 44.7 Å². The molecular weight excluding hydrogens is 330 g/mol. The minimum atomic E-state index is -0.224. The van der Waals surface area contributed by atoms with E-state index in [4.69, 9.17) is 4.74 Å². The van der Waals surface area contributed by atoms with Gasteiger partial charge in [0.05, 0.1) is 13.2 Å². The largest absolute Gasteiger partial charge is 0.379 e. The second kappa shape index (κ2) is 9.26. The molecule has 0 aliphatic carbocycles. The number of hydrogen-bond donors (Lipinski definition) is 2. The van der Waals surface area contributed by atoms with Crippen LogP contribution in [0.4, 0.5) is 5.82 Å². The van der Waals surface area contributed by atoms with Gasteiger partial charge < -0.3 is 15.4 Å². The van der Waals surface area contributed by atoms with Gasteiger partial charge in [0.25, 0.3) is 5.91 Å². The molecule has 2 N–H and O–H groups in total. The van der Waals surface area contributed by atoms with Gasteiger partial charge in [-0.25, -0.2) is 0 Å². The van der Waals surface area contributed by atoms with Crippen molar-refractivity contribution in [2.24, 2.45) is 0 Å². The van der Waals surface area contributed by atoms with Crippen LogP contribution >= 0.6 is 0 Å². The second-order valence-electron chi connectivity index (χ2n) is 6.35. The van der Waals surface area contributed by atoms with Crippen LogP contribution in [0.3, 0.4) is 0 Å². The monoisotopic (exact) mass is 355 g/mol. The number of amides is 1. The fourth-order valence-corrected chi connectivity index (χ4v) is 2.69. The van der Waals surface area contributed by atoms with Crippen molar-refractivity contribution in [2.45, 2.75) is 13.5 Å². The first-order chi connectivity index (χ1) is 12.7. The first-order valence-corrected chi connectivity index (χ1v) is 8.92. The fourth-order valence-electron chi connectivity index (χ4n) is 2.69. The Kier molecular flexibility index (Phi) is 6.51. The van der Waals surface area contributed by atoms with Crippen molar-refractivity contribution in [3.8, 4) is 0 Å². The van der Waals surface area contributed by atoms with Crippen molar-refractivity contribution >= 4 is 11.7 Å². The van der Waals surface area contributed by atoms with Gasteiger partial charge in [-0.05, 0) is 24.6 Å². The first kappa shape index (κ1) is 18.3. The molecule has 0 bridgehead atoms. The number of aromatic nitrogens is 2. The number of hydrogen-bond acceptors (Lipinski definition) is 6. The van der Waals surface area contributed by atoms with Gasteiger partial charge >= 0.3 is 0 Å². The van der Waals surface area contributed by atoms with E-state index >= 15 is 0 Å².